The van der Waals surface area contributed by atoms with Crippen LogP contribution < -0.4 is 0 Å². The first-order valence-electron chi connectivity index (χ1n) is 10.4. The zero-order valence-electron chi connectivity index (χ0n) is 15.4. The molecule has 0 aliphatic carbocycles. The molecule has 0 saturated carbocycles. The maximum atomic E-state index is 2.31. The molecule has 0 bridgehead atoms. The van der Waals surface area contributed by atoms with Crippen molar-refractivity contribution < 1.29 is 24.6 Å². The van der Waals surface area contributed by atoms with Crippen LogP contribution in [0.2, 0.25) is 7.86 Å². The zero-order valence-corrected chi connectivity index (χ0v) is 20.9. The van der Waals surface area contributed by atoms with E-state index in [1.54, 1.807) is 33.5 Å². The molecule has 0 unspecified atom stereocenters. The van der Waals surface area contributed by atoms with Gasteiger partial charge in [0.1, 0.15) is 0 Å². The molecule has 0 heterocycles. The predicted octanol–water partition coefficient (Wildman–Crippen LogP) is 8.19. The number of unbranched alkanes of at least 4 members (excludes halogenated alkanes) is 14. The van der Waals surface area contributed by atoms with Crippen LogP contribution in [0.15, 0.2) is 0 Å². The normalized spacial score (nSPS) is 10.8. The Balaban J connectivity index is 2.90. The van der Waals surface area contributed by atoms with E-state index < -0.39 is 0 Å². The van der Waals surface area contributed by atoms with E-state index in [1.165, 1.54) is 77.0 Å². The van der Waals surface area contributed by atoms with Gasteiger partial charge in [0, 0.05) is 0 Å². The van der Waals surface area contributed by atoms with Crippen molar-refractivity contribution in [3.63, 3.8) is 0 Å². The van der Waals surface area contributed by atoms with E-state index in [0.29, 0.717) is 0 Å². The molecule has 0 spiro atoms. The van der Waals surface area contributed by atoms with Crippen molar-refractivity contribution in [2.45, 2.75) is 124 Å². The predicted molar refractivity (Wildman–Crippen MR) is 94.8 cm³/mol. The van der Waals surface area contributed by atoms with Crippen molar-refractivity contribution in [1.82, 2.24) is 0 Å². The Morgan fingerprint density at radius 1 is 0.381 bits per heavy atom. The average Bonchev–Trinajstić information content (AvgIpc) is 2.50. The van der Waals surface area contributed by atoms with Gasteiger partial charge in [0.25, 0.3) is 0 Å². The Labute approximate surface area is 148 Å². The molecule has 0 amide bonds. The Kier molecular flexibility index (Phi) is 21.9. The summed E-state index contributed by atoms with van der Waals surface area (Å²) in [6.07, 6.45) is 24.0. The van der Waals surface area contributed by atoms with Gasteiger partial charge in [-0.05, 0) is 0 Å². The van der Waals surface area contributed by atoms with Gasteiger partial charge < -0.3 is 0 Å². The topological polar surface area (TPSA) is 0 Å². The summed E-state index contributed by atoms with van der Waals surface area (Å²) < 4.78 is 3.43. The van der Waals surface area contributed by atoms with Gasteiger partial charge in [0.05, 0.1) is 0 Å². The van der Waals surface area contributed by atoms with Crippen LogP contribution in [0, 0.1) is 0 Å². The molecule has 1 heteroatoms. The first-order chi connectivity index (χ1) is 10.4. The average molecular weight is 483 g/mol. The fourth-order valence-corrected chi connectivity index (χ4v) is 10.0. The molecule has 124 valence electrons. The van der Waals surface area contributed by atoms with Crippen LogP contribution in [0.25, 0.3) is 0 Å². The molecule has 0 radical (unpaired) electrons. The molecule has 0 aliphatic rings. The van der Waals surface area contributed by atoms with Crippen molar-refractivity contribution >= 4 is 0 Å². The Bertz CT molecular complexity index is 149. The summed E-state index contributed by atoms with van der Waals surface area (Å²) in [5.41, 5.74) is 0. The van der Waals surface area contributed by atoms with Crippen LogP contribution in [-0.4, -0.2) is 0 Å². The maximum absolute atomic E-state index is 2.31. The van der Waals surface area contributed by atoms with Crippen LogP contribution >= 0.6 is 0 Å². The minimum atomic E-state index is -0.389. The molecule has 0 atom stereocenters. The summed E-state index contributed by atoms with van der Waals surface area (Å²) >= 11 is -0.389. The van der Waals surface area contributed by atoms with Crippen LogP contribution in [0.5, 0.6) is 0 Å². The van der Waals surface area contributed by atoms with Crippen molar-refractivity contribution in [1.29, 1.82) is 0 Å². The molecule has 0 aromatic heterocycles. The fourth-order valence-electron chi connectivity index (χ4n) is 3.15. The van der Waals surface area contributed by atoms with Gasteiger partial charge in [-0.1, -0.05) is 0 Å². The number of hydrogen-bond acceptors (Lipinski definition) is 0. The number of hydrogen-bond donors (Lipinski definition) is 0. The summed E-state index contributed by atoms with van der Waals surface area (Å²) in [6.45, 7) is 4.61. The molecular formula is C20H42Hg. The van der Waals surface area contributed by atoms with Crippen LogP contribution in [-0.2, 0) is 24.6 Å². The van der Waals surface area contributed by atoms with E-state index in [1.807, 2.05) is 0 Å². The first kappa shape index (κ1) is 21.9. The van der Waals surface area contributed by atoms with E-state index >= 15 is 0 Å². The Morgan fingerprint density at radius 3 is 1.00 bits per heavy atom. The Hall–Kier alpha value is 0.935. The van der Waals surface area contributed by atoms with Gasteiger partial charge in [-0.3, -0.25) is 0 Å². The molecule has 0 nitrogen and oxygen atoms in total. The molecule has 0 rings (SSSR count). The molecule has 0 aromatic carbocycles. The summed E-state index contributed by atoms with van der Waals surface area (Å²) in [5.74, 6) is 0. The van der Waals surface area contributed by atoms with Gasteiger partial charge in [-0.15, -0.1) is 0 Å². The number of rotatable bonds is 18. The standard InChI is InChI=1S/2C10H21.Hg/c2*1-3-5-7-9-10-8-6-4-2;/h2*1,3-10H2,2H3;. The second kappa shape index (κ2) is 20.9. The molecule has 0 fully saturated rings. The SMILES string of the molecule is CCCCCCCCC[CH2][Hg][CH2]CCCCCCCCC. The fraction of sp³-hybridized carbons (Fsp3) is 1.00. The van der Waals surface area contributed by atoms with Gasteiger partial charge in [0.2, 0.25) is 0 Å². The Morgan fingerprint density at radius 2 is 0.667 bits per heavy atom. The van der Waals surface area contributed by atoms with Crippen LogP contribution in [0.3, 0.4) is 0 Å². The molecule has 0 aromatic rings. The molecular weight excluding hydrogens is 441 g/mol. The summed E-state index contributed by atoms with van der Waals surface area (Å²) in [6, 6.07) is 0. The van der Waals surface area contributed by atoms with Gasteiger partial charge >= 0.3 is 149 Å². The van der Waals surface area contributed by atoms with Crippen molar-refractivity contribution in [2.75, 3.05) is 0 Å². The quantitative estimate of drug-likeness (QED) is 0.136. The van der Waals surface area contributed by atoms with Gasteiger partial charge in [-0.2, -0.15) is 0 Å². The van der Waals surface area contributed by atoms with Crippen molar-refractivity contribution in [3.05, 3.63) is 0 Å². The second-order valence-electron chi connectivity index (χ2n) is 7.01. The van der Waals surface area contributed by atoms with Gasteiger partial charge in [-0.25, -0.2) is 0 Å². The van der Waals surface area contributed by atoms with E-state index in [0.717, 1.165) is 0 Å². The van der Waals surface area contributed by atoms with E-state index in [4.69, 9.17) is 0 Å². The summed E-state index contributed by atoms with van der Waals surface area (Å²) in [4.78, 5) is 0. The zero-order chi connectivity index (χ0) is 15.4. The molecule has 0 aliphatic heterocycles. The minimum absolute atomic E-state index is 0.389. The summed E-state index contributed by atoms with van der Waals surface area (Å²) in [7, 11) is 0. The van der Waals surface area contributed by atoms with E-state index in [-0.39, 0.29) is 24.6 Å². The van der Waals surface area contributed by atoms with Gasteiger partial charge in [0.15, 0.2) is 0 Å². The van der Waals surface area contributed by atoms with Crippen LogP contribution in [0.1, 0.15) is 117 Å². The van der Waals surface area contributed by atoms with Crippen LogP contribution in [0.4, 0.5) is 0 Å². The second-order valence-corrected chi connectivity index (χ2v) is 15.3. The third-order valence-electron chi connectivity index (χ3n) is 4.71. The third kappa shape index (κ3) is 20.9. The summed E-state index contributed by atoms with van der Waals surface area (Å²) in [5, 5.41) is 0. The van der Waals surface area contributed by atoms with E-state index in [9.17, 15) is 0 Å². The molecule has 0 N–H and O–H groups in total. The first-order valence-corrected chi connectivity index (χ1v) is 18.2. The molecule has 21 heavy (non-hydrogen) atoms. The van der Waals surface area contributed by atoms with Crippen molar-refractivity contribution in [2.24, 2.45) is 0 Å². The monoisotopic (exact) mass is 484 g/mol. The molecule has 0 saturated heterocycles. The van der Waals surface area contributed by atoms with E-state index in [2.05, 4.69) is 13.8 Å². The van der Waals surface area contributed by atoms with Crippen molar-refractivity contribution in [3.8, 4) is 0 Å². The third-order valence-corrected chi connectivity index (χ3v) is 12.5.